The molecule has 0 atom stereocenters. The fraction of sp³-hybridized carbons (Fsp3) is 0. The predicted octanol–water partition coefficient (Wildman–Crippen LogP) is 2.32. The number of fused-ring (bicyclic) bond motifs is 1. The maximum absolute atomic E-state index is 12.8. The lowest BCUT2D eigenvalue weighted by Gasteiger charge is -1.98. The van der Waals surface area contributed by atoms with Crippen LogP contribution in [0.25, 0.3) is 10.8 Å². The summed E-state index contributed by atoms with van der Waals surface area (Å²) >= 11 is 5.74. The Hall–Kier alpha value is -1.35. The summed E-state index contributed by atoms with van der Waals surface area (Å²) in [5, 5.41) is 1.08. The Bertz CT molecular complexity index is 520. The minimum atomic E-state index is -0.505. The van der Waals surface area contributed by atoms with Crippen LogP contribution in [0.1, 0.15) is 0 Å². The number of halogens is 2. The van der Waals surface area contributed by atoms with Crippen LogP contribution in [-0.4, -0.2) is 4.98 Å². The van der Waals surface area contributed by atoms with E-state index in [0.717, 1.165) is 0 Å². The summed E-state index contributed by atoms with van der Waals surface area (Å²) in [6.45, 7) is 0. The lowest BCUT2D eigenvalue weighted by molar-refractivity contribution is 0.629. The average molecular weight is 198 g/mol. The second-order valence-corrected chi connectivity index (χ2v) is 3.06. The predicted molar refractivity (Wildman–Crippen MR) is 49.5 cm³/mol. The van der Waals surface area contributed by atoms with Crippen molar-refractivity contribution in [2.24, 2.45) is 0 Å². The highest BCUT2D eigenvalue weighted by Crippen LogP contribution is 2.21. The van der Waals surface area contributed by atoms with Gasteiger partial charge >= 0.3 is 0 Å². The van der Waals surface area contributed by atoms with E-state index in [1.807, 2.05) is 0 Å². The molecule has 4 heteroatoms. The molecule has 0 bridgehead atoms. The Morgan fingerprint density at radius 1 is 1.31 bits per heavy atom. The van der Waals surface area contributed by atoms with Gasteiger partial charge < -0.3 is 4.98 Å². The Morgan fingerprint density at radius 2 is 2.08 bits per heavy atom. The van der Waals surface area contributed by atoms with E-state index in [0.29, 0.717) is 5.39 Å². The standard InChI is InChI=1S/C9H5ClFNO/c10-8-4-5(11)3-7-6(8)1-2-12-9(7)13/h1-4H,(H,12,13). The van der Waals surface area contributed by atoms with Gasteiger partial charge in [0.1, 0.15) is 5.82 Å². The number of benzene rings is 1. The van der Waals surface area contributed by atoms with Crippen molar-refractivity contribution in [2.75, 3.05) is 0 Å². The minimum absolute atomic E-state index is 0.251. The fourth-order valence-corrected chi connectivity index (χ4v) is 1.49. The van der Waals surface area contributed by atoms with Crippen molar-refractivity contribution in [3.05, 3.63) is 45.6 Å². The van der Waals surface area contributed by atoms with Crippen LogP contribution in [0.15, 0.2) is 29.2 Å². The third-order valence-corrected chi connectivity index (χ3v) is 2.12. The first-order valence-corrected chi connectivity index (χ1v) is 4.03. The molecule has 13 heavy (non-hydrogen) atoms. The molecule has 0 aliphatic heterocycles. The molecule has 0 spiro atoms. The molecule has 1 aromatic carbocycles. The molecule has 66 valence electrons. The topological polar surface area (TPSA) is 32.9 Å². The third kappa shape index (κ3) is 1.31. The van der Waals surface area contributed by atoms with E-state index >= 15 is 0 Å². The van der Waals surface area contributed by atoms with Crippen molar-refractivity contribution in [3.63, 3.8) is 0 Å². The van der Waals surface area contributed by atoms with Crippen molar-refractivity contribution in [3.8, 4) is 0 Å². The summed E-state index contributed by atoms with van der Waals surface area (Å²) in [7, 11) is 0. The average Bonchev–Trinajstić information content (AvgIpc) is 2.07. The van der Waals surface area contributed by atoms with Crippen LogP contribution >= 0.6 is 11.6 Å². The van der Waals surface area contributed by atoms with Crippen LogP contribution in [0.3, 0.4) is 0 Å². The van der Waals surface area contributed by atoms with Gasteiger partial charge in [-0.3, -0.25) is 4.79 Å². The monoisotopic (exact) mass is 197 g/mol. The van der Waals surface area contributed by atoms with Gasteiger partial charge in [0.05, 0.1) is 10.4 Å². The van der Waals surface area contributed by atoms with Crippen molar-refractivity contribution in [1.82, 2.24) is 4.98 Å². The number of aromatic amines is 1. The number of hydrogen-bond donors (Lipinski definition) is 1. The number of hydrogen-bond acceptors (Lipinski definition) is 1. The van der Waals surface area contributed by atoms with Crippen LogP contribution in [-0.2, 0) is 0 Å². The van der Waals surface area contributed by atoms with Gasteiger partial charge in [-0.25, -0.2) is 4.39 Å². The van der Waals surface area contributed by atoms with Crippen molar-refractivity contribution >= 4 is 22.4 Å². The first kappa shape index (κ1) is 8.26. The zero-order valence-electron chi connectivity index (χ0n) is 6.47. The van der Waals surface area contributed by atoms with Gasteiger partial charge in [-0.1, -0.05) is 11.6 Å². The molecule has 1 heterocycles. The fourth-order valence-electron chi connectivity index (χ4n) is 1.22. The molecule has 0 aliphatic carbocycles. The lowest BCUT2D eigenvalue weighted by atomic mass is 10.2. The first-order valence-electron chi connectivity index (χ1n) is 3.65. The van der Waals surface area contributed by atoms with E-state index in [2.05, 4.69) is 4.98 Å². The number of pyridine rings is 1. The van der Waals surface area contributed by atoms with E-state index in [1.54, 1.807) is 6.07 Å². The van der Waals surface area contributed by atoms with E-state index in [4.69, 9.17) is 11.6 Å². The third-order valence-electron chi connectivity index (χ3n) is 1.80. The Kier molecular flexibility index (Phi) is 1.81. The Labute approximate surface area is 78.0 Å². The van der Waals surface area contributed by atoms with Crippen LogP contribution in [0.4, 0.5) is 4.39 Å². The second kappa shape index (κ2) is 2.85. The van der Waals surface area contributed by atoms with E-state index in [1.165, 1.54) is 18.3 Å². The second-order valence-electron chi connectivity index (χ2n) is 2.66. The van der Waals surface area contributed by atoms with Gasteiger partial charge in [-0.05, 0) is 18.2 Å². The largest absolute Gasteiger partial charge is 0.329 e. The summed E-state index contributed by atoms with van der Waals surface area (Å²) in [4.78, 5) is 13.7. The molecule has 0 radical (unpaired) electrons. The molecule has 1 aromatic heterocycles. The summed E-state index contributed by atoms with van der Waals surface area (Å²) < 4.78 is 12.8. The van der Waals surface area contributed by atoms with Gasteiger partial charge in [0, 0.05) is 11.6 Å². The highest BCUT2D eigenvalue weighted by atomic mass is 35.5. The molecule has 0 saturated heterocycles. The number of nitrogens with one attached hydrogen (secondary N) is 1. The number of H-pyrrole nitrogens is 1. The molecule has 0 fully saturated rings. The number of aromatic nitrogens is 1. The summed E-state index contributed by atoms with van der Waals surface area (Å²) in [6, 6.07) is 3.99. The first-order chi connectivity index (χ1) is 6.18. The summed E-state index contributed by atoms with van der Waals surface area (Å²) in [6.07, 6.45) is 1.48. The molecule has 0 aliphatic rings. The maximum Gasteiger partial charge on any atom is 0.255 e. The molecular formula is C9H5ClFNO. The normalized spacial score (nSPS) is 10.6. The molecule has 1 N–H and O–H groups in total. The van der Waals surface area contributed by atoms with E-state index < -0.39 is 5.82 Å². The summed E-state index contributed by atoms with van der Waals surface area (Å²) in [5.41, 5.74) is -0.334. The SMILES string of the molecule is O=c1[nH]ccc2c(Cl)cc(F)cc12. The highest BCUT2D eigenvalue weighted by Gasteiger charge is 2.04. The van der Waals surface area contributed by atoms with Gasteiger partial charge in [0.15, 0.2) is 0 Å². The number of rotatable bonds is 0. The van der Waals surface area contributed by atoms with Gasteiger partial charge in [-0.15, -0.1) is 0 Å². The van der Waals surface area contributed by atoms with Gasteiger partial charge in [0.25, 0.3) is 5.56 Å². The molecule has 2 rings (SSSR count). The Morgan fingerprint density at radius 3 is 2.85 bits per heavy atom. The quantitative estimate of drug-likeness (QED) is 0.691. The molecule has 0 unspecified atom stereocenters. The van der Waals surface area contributed by atoms with Gasteiger partial charge in [-0.2, -0.15) is 0 Å². The van der Waals surface area contributed by atoms with Crippen molar-refractivity contribution in [1.29, 1.82) is 0 Å². The summed E-state index contributed by atoms with van der Waals surface area (Å²) in [5.74, 6) is -0.505. The maximum atomic E-state index is 12.8. The molecule has 0 amide bonds. The molecule has 0 saturated carbocycles. The molecule has 2 nitrogen and oxygen atoms in total. The Balaban J connectivity index is 3.03. The molecular weight excluding hydrogens is 193 g/mol. The smallest absolute Gasteiger partial charge is 0.255 e. The van der Waals surface area contributed by atoms with Crippen LogP contribution in [0, 0.1) is 5.82 Å². The molecule has 2 aromatic rings. The highest BCUT2D eigenvalue weighted by molar-refractivity contribution is 6.35. The van der Waals surface area contributed by atoms with Crippen molar-refractivity contribution in [2.45, 2.75) is 0 Å². The van der Waals surface area contributed by atoms with Crippen molar-refractivity contribution < 1.29 is 4.39 Å². The van der Waals surface area contributed by atoms with Crippen LogP contribution in [0.5, 0.6) is 0 Å². The van der Waals surface area contributed by atoms with Crippen LogP contribution < -0.4 is 5.56 Å². The van der Waals surface area contributed by atoms with Crippen LogP contribution in [0.2, 0.25) is 5.02 Å². The minimum Gasteiger partial charge on any atom is -0.329 e. The lowest BCUT2D eigenvalue weighted by Crippen LogP contribution is -2.04. The zero-order chi connectivity index (χ0) is 9.42. The zero-order valence-corrected chi connectivity index (χ0v) is 7.23. The van der Waals surface area contributed by atoms with Gasteiger partial charge in [0.2, 0.25) is 0 Å². The van der Waals surface area contributed by atoms with E-state index in [-0.39, 0.29) is 16.0 Å². The van der Waals surface area contributed by atoms with E-state index in [9.17, 15) is 9.18 Å².